The van der Waals surface area contributed by atoms with E-state index in [1.54, 1.807) is 0 Å². The Hall–Kier alpha value is -0.570. The summed E-state index contributed by atoms with van der Waals surface area (Å²) in [7, 11) is 1.42. The molecule has 3 atom stereocenters. The molecule has 12 heavy (non-hydrogen) atoms. The topological polar surface area (TPSA) is 46.5 Å². The molecule has 0 aromatic heterocycles. The van der Waals surface area contributed by atoms with Gasteiger partial charge in [0, 0.05) is 6.61 Å². The maximum Gasteiger partial charge on any atom is 0.308 e. The van der Waals surface area contributed by atoms with Crippen LogP contribution < -0.4 is 0 Å². The monoisotopic (exact) mass is 172 g/mol. The Bertz CT molecular complexity index is 167. The molecule has 0 aromatic carbocycles. The molecule has 0 radical (unpaired) electrons. The maximum absolute atomic E-state index is 11.1. The third-order valence-corrected chi connectivity index (χ3v) is 2.82. The van der Waals surface area contributed by atoms with Crippen molar-refractivity contribution >= 4 is 5.97 Å². The highest BCUT2D eigenvalue weighted by Crippen LogP contribution is 2.36. The van der Waals surface area contributed by atoms with E-state index in [4.69, 9.17) is 5.11 Å². The predicted molar refractivity (Wildman–Crippen MR) is 44.5 cm³/mol. The largest absolute Gasteiger partial charge is 0.469 e. The summed E-state index contributed by atoms with van der Waals surface area (Å²) in [6.45, 7) is 2.26. The molecule has 1 aliphatic carbocycles. The summed E-state index contributed by atoms with van der Waals surface area (Å²) in [5.41, 5.74) is 0. The van der Waals surface area contributed by atoms with Crippen molar-refractivity contribution in [1.82, 2.24) is 0 Å². The maximum atomic E-state index is 11.1. The van der Waals surface area contributed by atoms with Crippen molar-refractivity contribution in [3.8, 4) is 0 Å². The molecule has 3 heteroatoms. The van der Waals surface area contributed by atoms with Crippen LogP contribution in [0.1, 0.15) is 19.8 Å². The van der Waals surface area contributed by atoms with E-state index in [2.05, 4.69) is 11.7 Å². The zero-order chi connectivity index (χ0) is 9.14. The van der Waals surface area contributed by atoms with E-state index in [1.165, 1.54) is 7.11 Å². The lowest BCUT2D eigenvalue weighted by Crippen LogP contribution is -2.13. The summed E-state index contributed by atoms with van der Waals surface area (Å²) in [6, 6.07) is 0. The molecular formula is C9H16O3. The molecule has 0 saturated heterocycles. The fraction of sp³-hybridized carbons (Fsp3) is 0.889. The number of carbonyl (C=O) groups is 1. The molecule has 1 fully saturated rings. The molecule has 0 bridgehead atoms. The van der Waals surface area contributed by atoms with Crippen LogP contribution in [0.4, 0.5) is 0 Å². The van der Waals surface area contributed by atoms with Crippen LogP contribution in [0.5, 0.6) is 0 Å². The van der Waals surface area contributed by atoms with Crippen LogP contribution in [0.3, 0.4) is 0 Å². The highest BCUT2D eigenvalue weighted by Gasteiger charge is 2.35. The molecular weight excluding hydrogens is 156 g/mol. The molecule has 70 valence electrons. The van der Waals surface area contributed by atoms with Gasteiger partial charge in [0.2, 0.25) is 0 Å². The van der Waals surface area contributed by atoms with Gasteiger partial charge >= 0.3 is 5.97 Å². The van der Waals surface area contributed by atoms with Crippen LogP contribution in [0, 0.1) is 17.8 Å². The van der Waals surface area contributed by atoms with E-state index in [9.17, 15) is 4.79 Å². The first-order valence-electron chi connectivity index (χ1n) is 4.37. The number of hydrogen-bond acceptors (Lipinski definition) is 3. The summed E-state index contributed by atoms with van der Waals surface area (Å²) in [5, 5.41) is 8.96. The van der Waals surface area contributed by atoms with E-state index in [-0.39, 0.29) is 24.4 Å². The molecule has 3 unspecified atom stereocenters. The summed E-state index contributed by atoms with van der Waals surface area (Å²) in [6.07, 6.45) is 1.64. The second kappa shape index (κ2) is 3.90. The molecule has 1 saturated carbocycles. The van der Waals surface area contributed by atoms with Gasteiger partial charge in [-0.25, -0.2) is 0 Å². The van der Waals surface area contributed by atoms with E-state index >= 15 is 0 Å². The zero-order valence-electron chi connectivity index (χ0n) is 7.62. The minimum Gasteiger partial charge on any atom is -0.469 e. The predicted octanol–water partition coefficient (Wildman–Crippen LogP) is 0.814. The normalized spacial score (nSPS) is 35.1. The first kappa shape index (κ1) is 9.52. The van der Waals surface area contributed by atoms with Gasteiger partial charge in [-0.15, -0.1) is 0 Å². The first-order valence-corrected chi connectivity index (χ1v) is 4.37. The molecule has 0 amide bonds. The minimum absolute atomic E-state index is 0.0159. The highest BCUT2D eigenvalue weighted by molar-refractivity contribution is 5.72. The average molecular weight is 172 g/mol. The molecule has 0 aromatic rings. The smallest absolute Gasteiger partial charge is 0.308 e. The average Bonchev–Trinajstić information content (AvgIpc) is 2.45. The Morgan fingerprint density at radius 2 is 2.25 bits per heavy atom. The second-order valence-corrected chi connectivity index (χ2v) is 3.61. The number of hydrogen-bond donors (Lipinski definition) is 1. The van der Waals surface area contributed by atoms with E-state index < -0.39 is 0 Å². The van der Waals surface area contributed by atoms with E-state index in [0.717, 1.165) is 12.8 Å². The lowest BCUT2D eigenvalue weighted by atomic mass is 10.00. The van der Waals surface area contributed by atoms with Crippen LogP contribution in [0.2, 0.25) is 0 Å². The van der Waals surface area contributed by atoms with Gasteiger partial charge in [-0.1, -0.05) is 6.92 Å². The Balaban J connectivity index is 2.48. The molecule has 3 nitrogen and oxygen atoms in total. The SMILES string of the molecule is COC(=O)C1CC(C)C(CO)C1. The standard InChI is InChI=1S/C9H16O3/c1-6-3-7(9(11)12-2)4-8(6)5-10/h6-8,10H,3-5H2,1-2H3. The molecule has 1 aliphatic rings. The van der Waals surface area contributed by atoms with Crippen molar-refractivity contribution in [3.05, 3.63) is 0 Å². The van der Waals surface area contributed by atoms with Crippen LogP contribution in [0.15, 0.2) is 0 Å². The van der Waals surface area contributed by atoms with Crippen molar-refractivity contribution in [2.24, 2.45) is 17.8 Å². The number of ether oxygens (including phenoxy) is 1. The number of rotatable bonds is 2. The van der Waals surface area contributed by atoms with Gasteiger partial charge in [-0.05, 0) is 24.7 Å². The van der Waals surface area contributed by atoms with Gasteiger partial charge in [0.15, 0.2) is 0 Å². The van der Waals surface area contributed by atoms with Crippen molar-refractivity contribution < 1.29 is 14.6 Å². The van der Waals surface area contributed by atoms with Crippen molar-refractivity contribution in [2.45, 2.75) is 19.8 Å². The van der Waals surface area contributed by atoms with E-state index in [0.29, 0.717) is 5.92 Å². The zero-order valence-corrected chi connectivity index (χ0v) is 7.62. The first-order chi connectivity index (χ1) is 5.69. The van der Waals surface area contributed by atoms with Crippen LogP contribution in [0.25, 0.3) is 0 Å². The molecule has 0 aliphatic heterocycles. The third-order valence-electron chi connectivity index (χ3n) is 2.82. The lowest BCUT2D eigenvalue weighted by Gasteiger charge is -2.09. The Kier molecular flexibility index (Phi) is 3.09. The van der Waals surface area contributed by atoms with Crippen LogP contribution in [-0.4, -0.2) is 24.8 Å². The fourth-order valence-corrected chi connectivity index (χ4v) is 1.95. The van der Waals surface area contributed by atoms with Gasteiger partial charge in [-0.2, -0.15) is 0 Å². The molecule has 0 heterocycles. The summed E-state index contributed by atoms with van der Waals surface area (Å²) < 4.78 is 4.65. The van der Waals surface area contributed by atoms with Crippen LogP contribution in [-0.2, 0) is 9.53 Å². The van der Waals surface area contributed by atoms with Gasteiger partial charge in [0.1, 0.15) is 0 Å². The second-order valence-electron chi connectivity index (χ2n) is 3.61. The fourth-order valence-electron chi connectivity index (χ4n) is 1.95. The molecule has 1 N–H and O–H groups in total. The minimum atomic E-state index is -0.127. The number of methoxy groups -OCH3 is 1. The summed E-state index contributed by atoms with van der Waals surface area (Å²) in [4.78, 5) is 11.1. The Morgan fingerprint density at radius 1 is 1.58 bits per heavy atom. The van der Waals surface area contributed by atoms with E-state index in [1.807, 2.05) is 0 Å². The number of esters is 1. The quantitative estimate of drug-likeness (QED) is 0.627. The summed E-state index contributed by atoms with van der Waals surface area (Å²) >= 11 is 0. The number of aliphatic hydroxyl groups is 1. The van der Waals surface area contributed by atoms with Gasteiger partial charge in [0.05, 0.1) is 13.0 Å². The van der Waals surface area contributed by atoms with Crippen molar-refractivity contribution in [1.29, 1.82) is 0 Å². The van der Waals surface area contributed by atoms with Gasteiger partial charge in [0.25, 0.3) is 0 Å². The number of aliphatic hydroxyl groups excluding tert-OH is 1. The van der Waals surface area contributed by atoms with Crippen molar-refractivity contribution in [2.75, 3.05) is 13.7 Å². The number of carbonyl (C=O) groups excluding carboxylic acids is 1. The highest BCUT2D eigenvalue weighted by atomic mass is 16.5. The van der Waals surface area contributed by atoms with Gasteiger partial charge < -0.3 is 9.84 Å². The Labute approximate surface area is 72.7 Å². The lowest BCUT2D eigenvalue weighted by molar-refractivity contribution is -0.145. The molecule has 1 rings (SSSR count). The molecule has 0 spiro atoms. The Morgan fingerprint density at radius 3 is 2.67 bits per heavy atom. The van der Waals surface area contributed by atoms with Crippen LogP contribution >= 0.6 is 0 Å². The van der Waals surface area contributed by atoms with Crippen molar-refractivity contribution in [3.63, 3.8) is 0 Å². The van der Waals surface area contributed by atoms with Gasteiger partial charge in [-0.3, -0.25) is 4.79 Å². The summed E-state index contributed by atoms with van der Waals surface area (Å²) in [5.74, 6) is 0.619. The third kappa shape index (κ3) is 1.78.